The van der Waals surface area contributed by atoms with E-state index in [1.165, 1.54) is 0 Å². The SMILES string of the molecule is Cc1ccc(C#N)cc1Oc1nc(N)nc(N(C)C)n1. The maximum absolute atomic E-state index is 8.91. The fourth-order valence-corrected chi connectivity index (χ4v) is 1.48. The van der Waals surface area contributed by atoms with Crippen LogP contribution in [0, 0.1) is 18.3 Å². The first-order chi connectivity index (χ1) is 9.49. The molecule has 0 aliphatic rings. The lowest BCUT2D eigenvalue weighted by atomic mass is 10.1. The van der Waals surface area contributed by atoms with E-state index in [2.05, 4.69) is 21.0 Å². The van der Waals surface area contributed by atoms with Gasteiger partial charge in [0.15, 0.2) is 0 Å². The van der Waals surface area contributed by atoms with Gasteiger partial charge in [0, 0.05) is 14.1 Å². The van der Waals surface area contributed by atoms with Gasteiger partial charge in [0.1, 0.15) is 5.75 Å². The van der Waals surface area contributed by atoms with Gasteiger partial charge in [-0.05, 0) is 24.6 Å². The van der Waals surface area contributed by atoms with E-state index in [0.29, 0.717) is 17.3 Å². The molecule has 0 aliphatic carbocycles. The van der Waals surface area contributed by atoms with Gasteiger partial charge in [-0.3, -0.25) is 0 Å². The number of hydrogen-bond donors (Lipinski definition) is 1. The van der Waals surface area contributed by atoms with E-state index in [4.69, 9.17) is 15.7 Å². The number of rotatable bonds is 3. The number of nitrogens with two attached hydrogens (primary N) is 1. The quantitative estimate of drug-likeness (QED) is 0.901. The molecule has 0 spiro atoms. The van der Waals surface area contributed by atoms with Crippen molar-refractivity contribution in [2.75, 3.05) is 24.7 Å². The van der Waals surface area contributed by atoms with Crippen LogP contribution < -0.4 is 15.4 Å². The molecule has 102 valence electrons. The molecule has 0 fully saturated rings. The lowest BCUT2D eigenvalue weighted by Gasteiger charge is -2.12. The van der Waals surface area contributed by atoms with E-state index in [1.807, 2.05) is 6.92 Å². The molecule has 0 bridgehead atoms. The van der Waals surface area contributed by atoms with Crippen molar-refractivity contribution in [3.05, 3.63) is 29.3 Å². The molecule has 0 radical (unpaired) electrons. The lowest BCUT2D eigenvalue weighted by Crippen LogP contribution is -2.15. The second-order valence-corrected chi connectivity index (χ2v) is 4.36. The van der Waals surface area contributed by atoms with Crippen molar-refractivity contribution < 1.29 is 4.74 Å². The van der Waals surface area contributed by atoms with E-state index in [-0.39, 0.29) is 12.0 Å². The Hall–Kier alpha value is -2.88. The van der Waals surface area contributed by atoms with E-state index >= 15 is 0 Å². The molecule has 1 heterocycles. The summed E-state index contributed by atoms with van der Waals surface area (Å²) in [6.45, 7) is 1.87. The first kappa shape index (κ1) is 13.5. The molecular weight excluding hydrogens is 256 g/mol. The van der Waals surface area contributed by atoms with Crippen LogP contribution in [0.25, 0.3) is 0 Å². The molecule has 0 atom stereocenters. The zero-order valence-electron chi connectivity index (χ0n) is 11.5. The maximum Gasteiger partial charge on any atom is 0.328 e. The molecule has 0 unspecified atom stereocenters. The molecule has 2 rings (SSSR count). The number of aryl methyl sites for hydroxylation is 1. The summed E-state index contributed by atoms with van der Waals surface area (Å²) in [7, 11) is 3.58. The molecule has 0 aliphatic heterocycles. The second-order valence-electron chi connectivity index (χ2n) is 4.36. The Morgan fingerprint density at radius 1 is 1.25 bits per heavy atom. The molecule has 1 aromatic carbocycles. The number of nitriles is 1. The van der Waals surface area contributed by atoms with Gasteiger partial charge < -0.3 is 15.4 Å². The molecule has 2 N–H and O–H groups in total. The highest BCUT2D eigenvalue weighted by molar-refractivity contribution is 5.43. The normalized spacial score (nSPS) is 9.90. The summed E-state index contributed by atoms with van der Waals surface area (Å²) in [4.78, 5) is 13.8. The zero-order chi connectivity index (χ0) is 14.7. The predicted octanol–water partition coefficient (Wildman–Crippen LogP) is 1.49. The van der Waals surface area contributed by atoms with E-state index in [0.717, 1.165) is 5.56 Å². The standard InChI is InChI=1S/C13H14N6O/c1-8-4-5-9(7-14)6-10(8)20-13-17-11(15)16-12(18-13)19(2)3/h4-6H,1-3H3,(H2,15,16,17,18). The Morgan fingerprint density at radius 2 is 2.00 bits per heavy atom. The number of ether oxygens (including phenoxy) is 1. The summed E-state index contributed by atoms with van der Waals surface area (Å²) in [5.41, 5.74) is 6.99. The van der Waals surface area contributed by atoms with Gasteiger partial charge in [0.2, 0.25) is 11.9 Å². The Kier molecular flexibility index (Phi) is 3.66. The van der Waals surface area contributed by atoms with Gasteiger partial charge in [-0.25, -0.2) is 0 Å². The minimum absolute atomic E-state index is 0.0767. The molecule has 2 aromatic rings. The molecular formula is C13H14N6O. The number of anilines is 2. The minimum Gasteiger partial charge on any atom is -0.424 e. The van der Waals surface area contributed by atoms with Crippen LogP contribution in [0.5, 0.6) is 11.8 Å². The predicted molar refractivity (Wildman–Crippen MR) is 74.5 cm³/mol. The summed E-state index contributed by atoms with van der Waals surface area (Å²) in [5, 5.41) is 8.91. The van der Waals surface area contributed by atoms with Crippen LogP contribution >= 0.6 is 0 Å². The molecule has 0 saturated carbocycles. The molecule has 20 heavy (non-hydrogen) atoms. The third kappa shape index (κ3) is 2.92. The fraction of sp³-hybridized carbons (Fsp3) is 0.231. The number of nitrogen functional groups attached to an aromatic ring is 1. The Labute approximate surface area is 116 Å². The van der Waals surface area contributed by atoms with Crippen LogP contribution in [0.2, 0.25) is 0 Å². The molecule has 1 aromatic heterocycles. The van der Waals surface area contributed by atoms with Crippen LogP contribution in [0.1, 0.15) is 11.1 Å². The second kappa shape index (κ2) is 5.40. The highest BCUT2D eigenvalue weighted by Gasteiger charge is 2.10. The number of aromatic nitrogens is 3. The molecule has 7 nitrogen and oxygen atoms in total. The van der Waals surface area contributed by atoms with Crippen molar-refractivity contribution in [3.63, 3.8) is 0 Å². The van der Waals surface area contributed by atoms with E-state index in [9.17, 15) is 0 Å². The monoisotopic (exact) mass is 270 g/mol. The highest BCUT2D eigenvalue weighted by atomic mass is 16.5. The summed E-state index contributed by atoms with van der Waals surface area (Å²) in [6, 6.07) is 7.30. The van der Waals surface area contributed by atoms with Gasteiger partial charge in [-0.1, -0.05) is 6.07 Å². The van der Waals surface area contributed by atoms with E-state index in [1.54, 1.807) is 37.2 Å². The van der Waals surface area contributed by atoms with Crippen molar-refractivity contribution in [3.8, 4) is 17.8 Å². The van der Waals surface area contributed by atoms with Crippen molar-refractivity contribution >= 4 is 11.9 Å². The molecule has 0 saturated heterocycles. The van der Waals surface area contributed by atoms with Gasteiger partial charge in [-0.2, -0.15) is 20.2 Å². The first-order valence-electron chi connectivity index (χ1n) is 5.87. The first-order valence-corrected chi connectivity index (χ1v) is 5.87. The van der Waals surface area contributed by atoms with Crippen LogP contribution in [0.3, 0.4) is 0 Å². The van der Waals surface area contributed by atoms with Crippen LogP contribution in [-0.4, -0.2) is 29.0 Å². The lowest BCUT2D eigenvalue weighted by molar-refractivity contribution is 0.437. The van der Waals surface area contributed by atoms with Crippen molar-refractivity contribution in [1.29, 1.82) is 5.26 Å². The van der Waals surface area contributed by atoms with Crippen molar-refractivity contribution in [2.45, 2.75) is 6.92 Å². The van der Waals surface area contributed by atoms with Gasteiger partial charge in [0.05, 0.1) is 11.6 Å². The molecule has 0 amide bonds. The van der Waals surface area contributed by atoms with Gasteiger partial charge in [-0.15, -0.1) is 0 Å². The fourth-order valence-electron chi connectivity index (χ4n) is 1.48. The summed E-state index contributed by atoms with van der Waals surface area (Å²) >= 11 is 0. The third-order valence-corrected chi connectivity index (χ3v) is 2.54. The average molecular weight is 270 g/mol. The van der Waals surface area contributed by atoms with Crippen molar-refractivity contribution in [2.24, 2.45) is 0 Å². The van der Waals surface area contributed by atoms with Gasteiger partial charge >= 0.3 is 6.01 Å². The molecule has 7 heteroatoms. The summed E-state index contributed by atoms with van der Waals surface area (Å²) < 4.78 is 5.60. The largest absolute Gasteiger partial charge is 0.424 e. The van der Waals surface area contributed by atoms with Crippen LogP contribution in [0.4, 0.5) is 11.9 Å². The summed E-state index contributed by atoms with van der Waals surface area (Å²) in [6.07, 6.45) is 0. The third-order valence-electron chi connectivity index (χ3n) is 2.54. The highest BCUT2D eigenvalue weighted by Crippen LogP contribution is 2.24. The smallest absolute Gasteiger partial charge is 0.328 e. The topological polar surface area (TPSA) is 101 Å². The average Bonchev–Trinajstić information content (AvgIpc) is 2.40. The number of hydrogen-bond acceptors (Lipinski definition) is 7. The zero-order valence-corrected chi connectivity index (χ0v) is 11.5. The van der Waals surface area contributed by atoms with Crippen LogP contribution in [-0.2, 0) is 0 Å². The Morgan fingerprint density at radius 3 is 2.65 bits per heavy atom. The Bertz CT molecular complexity index is 677. The van der Waals surface area contributed by atoms with Gasteiger partial charge in [0.25, 0.3) is 0 Å². The van der Waals surface area contributed by atoms with E-state index < -0.39 is 0 Å². The minimum atomic E-state index is 0.0767. The van der Waals surface area contributed by atoms with Crippen LogP contribution in [0.15, 0.2) is 18.2 Å². The summed E-state index contributed by atoms with van der Waals surface area (Å²) in [5.74, 6) is 0.994. The maximum atomic E-state index is 8.91. The number of benzene rings is 1. The Balaban J connectivity index is 2.37. The van der Waals surface area contributed by atoms with Crippen molar-refractivity contribution in [1.82, 2.24) is 15.0 Å². The number of nitrogens with zero attached hydrogens (tertiary/aromatic N) is 5.